The predicted molar refractivity (Wildman–Crippen MR) is 84.8 cm³/mol. The van der Waals surface area contributed by atoms with Crippen molar-refractivity contribution in [2.24, 2.45) is 0 Å². The number of aromatic nitrogens is 2. The Morgan fingerprint density at radius 3 is 3.05 bits per heavy atom. The summed E-state index contributed by atoms with van der Waals surface area (Å²) in [6, 6.07) is 1.37. The smallest absolute Gasteiger partial charge is 0.205 e. The van der Waals surface area contributed by atoms with Gasteiger partial charge in [-0.1, -0.05) is 0 Å². The van der Waals surface area contributed by atoms with E-state index in [2.05, 4.69) is 27.9 Å². The summed E-state index contributed by atoms with van der Waals surface area (Å²) in [5, 5.41) is 3.74. The maximum atomic E-state index is 5.45. The molecule has 5 heteroatoms. The van der Waals surface area contributed by atoms with Gasteiger partial charge < -0.3 is 19.5 Å². The lowest BCUT2D eigenvalue weighted by molar-refractivity contribution is 0.141. The summed E-state index contributed by atoms with van der Waals surface area (Å²) in [4.78, 5) is 7.26. The van der Waals surface area contributed by atoms with Crippen LogP contribution in [0.1, 0.15) is 38.3 Å². The fraction of sp³-hybridized carbons (Fsp3) is 0.812. The van der Waals surface area contributed by atoms with E-state index >= 15 is 0 Å². The fourth-order valence-electron chi connectivity index (χ4n) is 3.56. The van der Waals surface area contributed by atoms with Crippen LogP contribution in [0.4, 0.5) is 5.95 Å². The first-order chi connectivity index (χ1) is 10.3. The molecule has 0 saturated carbocycles. The van der Waals surface area contributed by atoms with Crippen LogP contribution in [0.15, 0.2) is 6.20 Å². The minimum absolute atomic E-state index is 0.645. The Labute approximate surface area is 127 Å². The number of aryl methyl sites for hydroxylation is 2. The van der Waals surface area contributed by atoms with Gasteiger partial charge >= 0.3 is 0 Å². The van der Waals surface area contributed by atoms with E-state index in [4.69, 9.17) is 9.72 Å². The van der Waals surface area contributed by atoms with Gasteiger partial charge in [0.25, 0.3) is 0 Å². The normalized spacial score (nSPS) is 25.3. The molecule has 2 aliphatic rings. The molecule has 3 rings (SSSR count). The molecule has 1 N–H and O–H groups in total. The Bertz CT molecular complexity index is 459. The molecule has 2 atom stereocenters. The monoisotopic (exact) mass is 292 g/mol. The van der Waals surface area contributed by atoms with Gasteiger partial charge in [0.2, 0.25) is 5.95 Å². The van der Waals surface area contributed by atoms with Crippen LogP contribution in [0.3, 0.4) is 0 Å². The molecule has 0 amide bonds. The Balaban J connectivity index is 1.66. The lowest BCUT2D eigenvalue weighted by Crippen LogP contribution is -2.36. The van der Waals surface area contributed by atoms with Gasteiger partial charge in [0.1, 0.15) is 0 Å². The Hall–Kier alpha value is -1.07. The van der Waals surface area contributed by atoms with E-state index in [-0.39, 0.29) is 0 Å². The Kier molecular flexibility index (Phi) is 4.80. The van der Waals surface area contributed by atoms with Gasteiger partial charge in [0.05, 0.1) is 5.69 Å². The summed E-state index contributed by atoms with van der Waals surface area (Å²) in [7, 11) is 0. The minimum Gasteiger partial charge on any atom is -0.382 e. The first kappa shape index (κ1) is 14.9. The van der Waals surface area contributed by atoms with E-state index in [1.165, 1.54) is 19.3 Å². The average molecular weight is 292 g/mol. The number of nitrogens with one attached hydrogen (secondary N) is 1. The molecule has 1 aromatic rings. The van der Waals surface area contributed by atoms with Gasteiger partial charge in [-0.2, -0.15) is 0 Å². The van der Waals surface area contributed by atoms with Crippen molar-refractivity contribution in [3.05, 3.63) is 11.9 Å². The van der Waals surface area contributed by atoms with Gasteiger partial charge in [-0.15, -0.1) is 0 Å². The highest BCUT2D eigenvalue weighted by atomic mass is 16.5. The number of anilines is 1. The second-order valence-electron chi connectivity index (χ2n) is 6.30. The quantitative estimate of drug-likeness (QED) is 0.814. The van der Waals surface area contributed by atoms with E-state index < -0.39 is 0 Å². The zero-order valence-electron chi connectivity index (χ0n) is 13.3. The highest BCUT2D eigenvalue weighted by Gasteiger charge is 2.30. The topological polar surface area (TPSA) is 42.3 Å². The number of imidazole rings is 1. The van der Waals surface area contributed by atoms with Crippen LogP contribution in [0.25, 0.3) is 0 Å². The fourth-order valence-corrected chi connectivity index (χ4v) is 3.56. The van der Waals surface area contributed by atoms with Gasteiger partial charge in [-0.05, 0) is 39.5 Å². The molecule has 2 bridgehead atoms. The van der Waals surface area contributed by atoms with Crippen LogP contribution in [0.2, 0.25) is 0 Å². The molecular weight excluding hydrogens is 264 g/mol. The van der Waals surface area contributed by atoms with E-state index in [9.17, 15) is 0 Å². The van der Waals surface area contributed by atoms with Crippen molar-refractivity contribution in [1.29, 1.82) is 0 Å². The van der Waals surface area contributed by atoms with Gasteiger partial charge in [0.15, 0.2) is 0 Å². The van der Waals surface area contributed by atoms with Gasteiger partial charge in [-0.3, -0.25) is 0 Å². The molecule has 2 saturated heterocycles. The number of ether oxygens (including phenoxy) is 1. The van der Waals surface area contributed by atoms with Crippen molar-refractivity contribution in [1.82, 2.24) is 14.9 Å². The van der Waals surface area contributed by atoms with E-state index in [0.29, 0.717) is 6.04 Å². The lowest BCUT2D eigenvalue weighted by Gasteiger charge is -2.26. The van der Waals surface area contributed by atoms with Crippen molar-refractivity contribution in [2.75, 3.05) is 31.2 Å². The highest BCUT2D eigenvalue weighted by molar-refractivity contribution is 5.34. The van der Waals surface area contributed by atoms with Crippen molar-refractivity contribution in [3.8, 4) is 0 Å². The maximum Gasteiger partial charge on any atom is 0.205 e. The molecule has 118 valence electrons. The molecule has 21 heavy (non-hydrogen) atoms. The number of hydrogen-bond donors (Lipinski definition) is 1. The Morgan fingerprint density at radius 2 is 2.19 bits per heavy atom. The van der Waals surface area contributed by atoms with Crippen LogP contribution < -0.4 is 10.2 Å². The molecule has 0 aromatic carbocycles. The van der Waals surface area contributed by atoms with Crippen LogP contribution in [-0.4, -0.2) is 47.9 Å². The highest BCUT2D eigenvalue weighted by Crippen LogP contribution is 2.24. The predicted octanol–water partition coefficient (Wildman–Crippen LogP) is 1.95. The summed E-state index contributed by atoms with van der Waals surface area (Å²) in [5.41, 5.74) is 1.11. The zero-order valence-corrected chi connectivity index (χ0v) is 13.3. The summed E-state index contributed by atoms with van der Waals surface area (Å²) in [5.74, 6) is 1.15. The maximum absolute atomic E-state index is 5.45. The first-order valence-corrected chi connectivity index (χ1v) is 8.38. The third kappa shape index (κ3) is 3.58. The number of hydrogen-bond acceptors (Lipinski definition) is 4. The third-order valence-electron chi connectivity index (χ3n) is 4.57. The standard InChI is InChI=1S/C16H28N4O/c1-3-21-10-4-8-19-11-13(2)17-16(19)20-9-7-14-5-6-15(12-20)18-14/h11,14-15,18H,3-10,12H2,1-2H3. The molecule has 0 aliphatic carbocycles. The van der Waals surface area contributed by atoms with Crippen molar-refractivity contribution in [3.63, 3.8) is 0 Å². The SMILES string of the molecule is CCOCCCn1cc(C)nc1N1CCC2CCC(C1)N2. The average Bonchev–Trinajstić information content (AvgIpc) is 2.98. The second kappa shape index (κ2) is 6.79. The van der Waals surface area contributed by atoms with Gasteiger partial charge in [0, 0.05) is 51.1 Å². The molecule has 0 radical (unpaired) electrons. The zero-order chi connectivity index (χ0) is 14.7. The molecule has 2 aliphatic heterocycles. The van der Waals surface area contributed by atoms with Crippen molar-refractivity contribution >= 4 is 5.95 Å². The molecule has 3 heterocycles. The number of nitrogens with zero attached hydrogens (tertiary/aromatic N) is 3. The molecule has 1 aromatic heterocycles. The van der Waals surface area contributed by atoms with Crippen LogP contribution in [0, 0.1) is 6.92 Å². The minimum atomic E-state index is 0.645. The molecule has 0 spiro atoms. The van der Waals surface area contributed by atoms with Gasteiger partial charge in [-0.25, -0.2) is 4.98 Å². The second-order valence-corrected chi connectivity index (χ2v) is 6.30. The van der Waals surface area contributed by atoms with Crippen molar-refractivity contribution < 1.29 is 4.74 Å². The lowest BCUT2D eigenvalue weighted by atomic mass is 10.1. The molecule has 2 fully saturated rings. The summed E-state index contributed by atoms with van der Waals surface area (Å²) in [6.07, 6.45) is 7.12. The number of fused-ring (bicyclic) bond motifs is 2. The third-order valence-corrected chi connectivity index (χ3v) is 4.57. The van der Waals surface area contributed by atoms with E-state index in [1.54, 1.807) is 0 Å². The van der Waals surface area contributed by atoms with Crippen LogP contribution in [-0.2, 0) is 11.3 Å². The van der Waals surface area contributed by atoms with E-state index in [1.807, 2.05) is 6.92 Å². The first-order valence-electron chi connectivity index (χ1n) is 8.38. The summed E-state index contributed by atoms with van der Waals surface area (Å²) in [6.45, 7) is 8.98. The van der Waals surface area contributed by atoms with Crippen LogP contribution in [0.5, 0.6) is 0 Å². The Morgan fingerprint density at radius 1 is 1.33 bits per heavy atom. The summed E-state index contributed by atoms with van der Waals surface area (Å²) < 4.78 is 7.76. The largest absolute Gasteiger partial charge is 0.382 e. The van der Waals surface area contributed by atoms with E-state index in [0.717, 1.165) is 57.0 Å². The molecule has 5 nitrogen and oxygen atoms in total. The van der Waals surface area contributed by atoms with Crippen LogP contribution >= 0.6 is 0 Å². The molecule has 2 unspecified atom stereocenters. The summed E-state index contributed by atoms with van der Waals surface area (Å²) >= 11 is 0. The molecular formula is C16H28N4O. The van der Waals surface area contributed by atoms with Crippen molar-refractivity contribution in [2.45, 2.75) is 58.2 Å². The number of rotatable bonds is 6.